The number of hydrogen-bond donors (Lipinski definition) is 4. The van der Waals surface area contributed by atoms with E-state index in [1.165, 1.54) is 0 Å². The summed E-state index contributed by atoms with van der Waals surface area (Å²) < 4.78 is 7.54. The summed E-state index contributed by atoms with van der Waals surface area (Å²) in [5, 5.41) is 13.4. The van der Waals surface area contributed by atoms with Gasteiger partial charge in [-0.3, -0.25) is 14.6 Å². The average molecular weight is 635 g/mol. The lowest BCUT2D eigenvalue weighted by atomic mass is 10.0. The molecule has 4 N–H and O–H groups in total. The van der Waals surface area contributed by atoms with Gasteiger partial charge in [-0.25, -0.2) is 4.98 Å². The lowest BCUT2D eigenvalue weighted by Gasteiger charge is -2.16. The summed E-state index contributed by atoms with van der Waals surface area (Å²) in [5.74, 6) is 0.797. The van der Waals surface area contributed by atoms with Crippen LogP contribution in [0.2, 0.25) is 10.0 Å². The number of hydrogen-bond acceptors (Lipinski definition) is 7. The first-order valence-corrected chi connectivity index (χ1v) is 15.3. The number of nitrogens with one attached hydrogen (secondary N) is 4. The fourth-order valence-electron chi connectivity index (χ4n) is 5.78. The van der Waals surface area contributed by atoms with Crippen LogP contribution in [0.5, 0.6) is 5.75 Å². The number of rotatable bonds is 9. The first-order valence-electron chi connectivity index (χ1n) is 14.5. The molecular formula is C32H33Cl2N7O3. The van der Waals surface area contributed by atoms with E-state index in [2.05, 4.69) is 31.2 Å². The van der Waals surface area contributed by atoms with E-state index in [1.54, 1.807) is 25.4 Å². The molecule has 0 bridgehead atoms. The summed E-state index contributed by atoms with van der Waals surface area (Å²) in [4.78, 5) is 33.9. The van der Waals surface area contributed by atoms with Crippen LogP contribution in [0.25, 0.3) is 22.4 Å². The third-order valence-electron chi connectivity index (χ3n) is 8.11. The molecule has 4 heterocycles. The summed E-state index contributed by atoms with van der Waals surface area (Å²) in [6, 6.07) is 13.2. The predicted molar refractivity (Wildman–Crippen MR) is 171 cm³/mol. The monoisotopic (exact) mass is 633 g/mol. The van der Waals surface area contributed by atoms with Crippen LogP contribution in [0.1, 0.15) is 40.4 Å². The SMILES string of the molecule is COc1cc(-c2nccc(-c3cccc(NC(=O)c4nc5c(n4C)CCNC5)c3Cl)c2Cl)ccc1CNCC1CCC(=O)N1. The lowest BCUT2D eigenvalue weighted by Crippen LogP contribution is -2.35. The highest BCUT2D eigenvalue weighted by Gasteiger charge is 2.24. The van der Waals surface area contributed by atoms with Gasteiger partial charge in [0.2, 0.25) is 5.91 Å². The maximum Gasteiger partial charge on any atom is 0.291 e. The van der Waals surface area contributed by atoms with Crippen molar-refractivity contribution in [3.63, 3.8) is 0 Å². The molecule has 0 saturated carbocycles. The van der Waals surface area contributed by atoms with Crippen LogP contribution in [0.4, 0.5) is 5.69 Å². The van der Waals surface area contributed by atoms with Gasteiger partial charge in [0.1, 0.15) is 5.75 Å². The van der Waals surface area contributed by atoms with Crippen LogP contribution in [0.3, 0.4) is 0 Å². The van der Waals surface area contributed by atoms with Gasteiger partial charge in [-0.2, -0.15) is 0 Å². The van der Waals surface area contributed by atoms with E-state index in [0.717, 1.165) is 41.9 Å². The fraction of sp³-hybridized carbons (Fsp3) is 0.312. The highest BCUT2D eigenvalue weighted by molar-refractivity contribution is 6.39. The van der Waals surface area contributed by atoms with Crippen molar-refractivity contribution in [3.05, 3.63) is 81.5 Å². The number of fused-ring (bicyclic) bond motifs is 1. The maximum absolute atomic E-state index is 13.2. The number of anilines is 1. The van der Waals surface area contributed by atoms with E-state index in [4.69, 9.17) is 27.9 Å². The van der Waals surface area contributed by atoms with Gasteiger partial charge in [0.05, 0.1) is 34.2 Å². The number of methoxy groups -OCH3 is 1. The molecule has 6 rings (SSSR count). The van der Waals surface area contributed by atoms with Crippen molar-refractivity contribution in [2.24, 2.45) is 7.05 Å². The number of pyridine rings is 1. The molecule has 228 valence electrons. The van der Waals surface area contributed by atoms with Gasteiger partial charge < -0.3 is 30.6 Å². The second kappa shape index (κ2) is 13.0. The molecule has 0 aliphatic carbocycles. The molecule has 0 spiro atoms. The lowest BCUT2D eigenvalue weighted by molar-refractivity contribution is -0.119. The topological polar surface area (TPSA) is 122 Å². The van der Waals surface area contributed by atoms with Crippen molar-refractivity contribution >= 4 is 40.7 Å². The normalized spacial score (nSPS) is 16.0. The summed E-state index contributed by atoms with van der Waals surface area (Å²) >= 11 is 13.8. The fourth-order valence-corrected chi connectivity index (χ4v) is 6.37. The minimum Gasteiger partial charge on any atom is -0.496 e. The zero-order valence-electron chi connectivity index (χ0n) is 24.5. The number of halogens is 2. The van der Waals surface area contributed by atoms with Crippen molar-refractivity contribution in [2.45, 2.75) is 38.4 Å². The van der Waals surface area contributed by atoms with Crippen LogP contribution in [-0.4, -0.2) is 52.6 Å². The summed E-state index contributed by atoms with van der Waals surface area (Å²) in [5.41, 5.74) is 6.09. The Kier molecular flexibility index (Phi) is 8.86. The quantitative estimate of drug-likeness (QED) is 0.210. The third kappa shape index (κ3) is 6.03. The largest absolute Gasteiger partial charge is 0.496 e. The first kappa shape index (κ1) is 30.1. The van der Waals surface area contributed by atoms with Gasteiger partial charge in [-0.15, -0.1) is 0 Å². The Labute approximate surface area is 265 Å². The highest BCUT2D eigenvalue weighted by atomic mass is 35.5. The Hall–Kier alpha value is -3.96. The molecule has 4 aromatic rings. The second-order valence-electron chi connectivity index (χ2n) is 10.9. The zero-order chi connectivity index (χ0) is 30.8. The van der Waals surface area contributed by atoms with Gasteiger partial charge in [0.15, 0.2) is 5.82 Å². The van der Waals surface area contributed by atoms with E-state index >= 15 is 0 Å². The van der Waals surface area contributed by atoms with Crippen LogP contribution in [-0.2, 0) is 31.4 Å². The Bertz CT molecular complexity index is 1740. The van der Waals surface area contributed by atoms with Crippen LogP contribution in [0.15, 0.2) is 48.7 Å². The van der Waals surface area contributed by atoms with Crippen LogP contribution in [0, 0.1) is 0 Å². The minimum atomic E-state index is -0.336. The van der Waals surface area contributed by atoms with Crippen molar-refractivity contribution in [1.82, 2.24) is 30.5 Å². The van der Waals surface area contributed by atoms with Crippen LogP contribution < -0.4 is 26.0 Å². The molecule has 2 aromatic carbocycles. The molecule has 2 aromatic heterocycles. The van der Waals surface area contributed by atoms with Gasteiger partial charge in [-0.1, -0.05) is 47.5 Å². The summed E-state index contributed by atoms with van der Waals surface area (Å²) in [6.45, 7) is 2.77. The standard InChI is InChI=1S/C32H33Cl2N7O3/c1-41-25-11-12-35-17-24(25)39-31(41)32(43)40-23-5-3-4-21(28(23)33)22-10-13-37-30(29(22)34)18-6-7-19(26(14-18)44-2)15-36-16-20-8-9-27(42)38-20/h3-7,10,13-14,20,35-36H,8-9,11-12,15-17H2,1-2H3,(H,38,42)(H,40,43). The van der Waals surface area contributed by atoms with Crippen molar-refractivity contribution < 1.29 is 14.3 Å². The maximum atomic E-state index is 13.2. The number of carbonyl (C=O) groups excluding carboxylic acids is 2. The molecule has 2 amide bonds. The highest BCUT2D eigenvalue weighted by Crippen LogP contribution is 2.41. The van der Waals surface area contributed by atoms with E-state index < -0.39 is 0 Å². The van der Waals surface area contributed by atoms with Gasteiger partial charge >= 0.3 is 0 Å². The number of nitrogens with zero attached hydrogens (tertiary/aromatic N) is 3. The first-order chi connectivity index (χ1) is 21.3. The summed E-state index contributed by atoms with van der Waals surface area (Å²) in [6.07, 6.45) is 3.91. The average Bonchev–Trinajstić information content (AvgIpc) is 3.61. The van der Waals surface area contributed by atoms with Crippen molar-refractivity contribution in [1.29, 1.82) is 0 Å². The number of ether oxygens (including phenoxy) is 1. The van der Waals surface area contributed by atoms with Gasteiger partial charge in [0, 0.05) is 86.3 Å². The smallest absolute Gasteiger partial charge is 0.291 e. The Balaban J connectivity index is 1.22. The molecular weight excluding hydrogens is 601 g/mol. The Morgan fingerprint density at radius 2 is 1.98 bits per heavy atom. The second-order valence-corrected chi connectivity index (χ2v) is 11.7. The van der Waals surface area contributed by atoms with Gasteiger partial charge in [0.25, 0.3) is 5.91 Å². The number of carbonyl (C=O) groups is 2. The van der Waals surface area contributed by atoms with Crippen molar-refractivity contribution in [3.8, 4) is 28.1 Å². The molecule has 0 radical (unpaired) electrons. The van der Waals surface area contributed by atoms with Gasteiger partial charge in [-0.05, 0) is 24.6 Å². The molecule has 10 nitrogen and oxygen atoms in total. The zero-order valence-corrected chi connectivity index (χ0v) is 26.0. The van der Waals surface area contributed by atoms with E-state index in [1.807, 2.05) is 41.9 Å². The molecule has 12 heteroatoms. The Morgan fingerprint density at radius 1 is 1.14 bits per heavy atom. The molecule has 1 saturated heterocycles. The van der Waals surface area contributed by atoms with E-state index in [0.29, 0.717) is 70.2 Å². The van der Waals surface area contributed by atoms with E-state index in [-0.39, 0.29) is 17.9 Å². The molecule has 1 atom stereocenters. The molecule has 1 unspecified atom stereocenters. The number of aromatic nitrogens is 3. The predicted octanol–water partition coefficient (Wildman–Crippen LogP) is 4.73. The minimum absolute atomic E-state index is 0.100. The number of amides is 2. The summed E-state index contributed by atoms with van der Waals surface area (Å²) in [7, 11) is 3.49. The molecule has 2 aliphatic rings. The third-order valence-corrected chi connectivity index (χ3v) is 8.90. The Morgan fingerprint density at radius 3 is 2.75 bits per heavy atom. The van der Waals surface area contributed by atoms with Crippen LogP contribution >= 0.6 is 23.2 Å². The van der Waals surface area contributed by atoms with Crippen molar-refractivity contribution in [2.75, 3.05) is 25.5 Å². The van der Waals surface area contributed by atoms with E-state index in [9.17, 15) is 9.59 Å². The molecule has 1 fully saturated rings. The molecule has 44 heavy (non-hydrogen) atoms. The molecule has 2 aliphatic heterocycles. The number of imidazole rings is 1. The number of benzene rings is 2.